The normalized spacial score (nSPS) is 11.9. The predicted molar refractivity (Wildman–Crippen MR) is 102 cm³/mol. The van der Waals surface area contributed by atoms with Crippen molar-refractivity contribution in [3.05, 3.63) is 28.2 Å². The highest BCUT2D eigenvalue weighted by Gasteiger charge is 2.12. The molecule has 1 aromatic carbocycles. The lowest BCUT2D eigenvalue weighted by Gasteiger charge is -2.15. The minimum atomic E-state index is -0.236. The van der Waals surface area contributed by atoms with Gasteiger partial charge in [0.2, 0.25) is 0 Å². The molecule has 4 nitrogen and oxygen atoms in total. The number of carbonyl (C=O) groups excluding carboxylic acids is 1. The number of amides is 1. The van der Waals surface area contributed by atoms with Crippen molar-refractivity contribution in [2.75, 3.05) is 6.61 Å². The van der Waals surface area contributed by atoms with E-state index < -0.39 is 0 Å². The van der Waals surface area contributed by atoms with Crippen LogP contribution >= 0.6 is 28.1 Å². The molecule has 0 bridgehead atoms. The molecule has 23 heavy (non-hydrogen) atoms. The Kier molecular flexibility index (Phi) is 8.55. The number of benzene rings is 1. The summed E-state index contributed by atoms with van der Waals surface area (Å²) >= 11 is 8.58. The summed E-state index contributed by atoms with van der Waals surface area (Å²) < 4.78 is 6.47. The summed E-state index contributed by atoms with van der Waals surface area (Å²) in [5.74, 6) is 1.10. The largest absolute Gasteiger partial charge is 0.492 e. The van der Waals surface area contributed by atoms with Crippen molar-refractivity contribution in [2.45, 2.75) is 46.6 Å². The fourth-order valence-electron chi connectivity index (χ4n) is 1.70. The molecule has 0 radical (unpaired) electrons. The molecule has 0 heterocycles. The molecule has 1 rings (SSSR count). The topological polar surface area (TPSA) is 50.4 Å². The van der Waals surface area contributed by atoms with Gasteiger partial charge in [0, 0.05) is 11.6 Å². The zero-order chi connectivity index (χ0) is 17.4. The van der Waals surface area contributed by atoms with Crippen LogP contribution in [0.3, 0.4) is 0 Å². The van der Waals surface area contributed by atoms with E-state index in [1.807, 2.05) is 6.92 Å². The summed E-state index contributed by atoms with van der Waals surface area (Å²) in [6.45, 7) is 9.03. The second kappa shape index (κ2) is 9.88. The maximum atomic E-state index is 12.2. The molecule has 0 aromatic heterocycles. The molecule has 1 amide bonds. The van der Waals surface area contributed by atoms with Crippen LogP contribution in [0.2, 0.25) is 0 Å². The molecule has 0 aliphatic carbocycles. The van der Waals surface area contributed by atoms with Crippen molar-refractivity contribution in [1.29, 1.82) is 0 Å². The molecule has 6 heteroatoms. The highest BCUT2D eigenvalue weighted by atomic mass is 79.9. The average Bonchev–Trinajstić information content (AvgIpc) is 2.48. The molecular weight excluding hydrogens is 376 g/mol. The number of rotatable bonds is 7. The molecule has 0 saturated heterocycles. The van der Waals surface area contributed by atoms with Gasteiger partial charge < -0.3 is 10.1 Å². The van der Waals surface area contributed by atoms with Gasteiger partial charge in [-0.15, -0.1) is 0 Å². The summed E-state index contributed by atoms with van der Waals surface area (Å²) in [6, 6.07) is 5.50. The van der Waals surface area contributed by atoms with Gasteiger partial charge in [-0.2, -0.15) is 0 Å². The van der Waals surface area contributed by atoms with Crippen LogP contribution in [0.1, 0.15) is 50.9 Å². The van der Waals surface area contributed by atoms with Gasteiger partial charge in [0.1, 0.15) is 5.75 Å². The van der Waals surface area contributed by atoms with E-state index >= 15 is 0 Å². The van der Waals surface area contributed by atoms with E-state index in [2.05, 4.69) is 47.3 Å². The van der Waals surface area contributed by atoms with Crippen molar-refractivity contribution >= 4 is 39.2 Å². The van der Waals surface area contributed by atoms with E-state index in [1.165, 1.54) is 0 Å². The predicted octanol–water partition coefficient (Wildman–Crippen LogP) is 4.28. The lowest BCUT2D eigenvalue weighted by atomic mass is 10.1. The van der Waals surface area contributed by atoms with Crippen molar-refractivity contribution in [3.63, 3.8) is 0 Å². The van der Waals surface area contributed by atoms with Crippen molar-refractivity contribution < 1.29 is 9.53 Å². The Labute approximate surface area is 152 Å². The number of hydrogen-bond donors (Lipinski definition) is 2. The second-order valence-corrected chi connectivity index (χ2v) is 7.18. The summed E-state index contributed by atoms with van der Waals surface area (Å²) in [5, 5.41) is 6.09. The Morgan fingerprint density at radius 1 is 1.35 bits per heavy atom. The minimum Gasteiger partial charge on any atom is -0.492 e. The van der Waals surface area contributed by atoms with Crippen LogP contribution in [0.15, 0.2) is 22.7 Å². The van der Waals surface area contributed by atoms with E-state index in [1.54, 1.807) is 18.2 Å². The first-order chi connectivity index (χ1) is 10.8. The van der Waals surface area contributed by atoms with Crippen LogP contribution in [-0.4, -0.2) is 23.7 Å². The van der Waals surface area contributed by atoms with Crippen LogP contribution in [-0.2, 0) is 0 Å². The SMILES string of the molecule is CCC(C)NC(=S)NC(=O)c1ccc(OCCC(C)C)c(Br)c1. The first-order valence-electron chi connectivity index (χ1n) is 7.87. The number of nitrogens with one attached hydrogen (secondary N) is 2. The number of thiocarbonyl (C=S) groups is 1. The van der Waals surface area contributed by atoms with Gasteiger partial charge in [-0.05, 0) is 72.0 Å². The number of ether oxygens (including phenoxy) is 1. The summed E-state index contributed by atoms with van der Waals surface area (Å²) in [4.78, 5) is 12.2. The number of carbonyl (C=O) groups is 1. The quantitative estimate of drug-likeness (QED) is 0.670. The van der Waals surface area contributed by atoms with Gasteiger partial charge in [-0.1, -0.05) is 20.8 Å². The lowest BCUT2D eigenvalue weighted by molar-refractivity contribution is 0.0976. The van der Waals surface area contributed by atoms with Gasteiger partial charge in [-0.25, -0.2) is 0 Å². The Hall–Kier alpha value is -1.14. The first-order valence-corrected chi connectivity index (χ1v) is 9.07. The molecule has 0 spiro atoms. The minimum absolute atomic E-state index is 0.228. The molecule has 1 unspecified atom stereocenters. The highest BCUT2D eigenvalue weighted by Crippen LogP contribution is 2.26. The standard InChI is InChI=1S/C17H25BrN2O2S/c1-5-12(4)19-17(23)20-16(21)13-6-7-15(14(18)10-13)22-9-8-11(2)3/h6-7,10-12H,5,8-9H2,1-4H3,(H2,19,20,21,23). The molecule has 0 fully saturated rings. The fraction of sp³-hybridized carbons (Fsp3) is 0.529. The Morgan fingerprint density at radius 3 is 2.61 bits per heavy atom. The van der Waals surface area contributed by atoms with Crippen LogP contribution in [0.5, 0.6) is 5.75 Å². The van der Waals surface area contributed by atoms with E-state index in [0.29, 0.717) is 23.2 Å². The molecule has 0 aliphatic rings. The van der Waals surface area contributed by atoms with Gasteiger partial charge in [-0.3, -0.25) is 10.1 Å². The van der Waals surface area contributed by atoms with Gasteiger partial charge in [0.05, 0.1) is 11.1 Å². The Bertz CT molecular complexity index is 549. The lowest BCUT2D eigenvalue weighted by Crippen LogP contribution is -2.43. The Morgan fingerprint density at radius 2 is 2.04 bits per heavy atom. The van der Waals surface area contributed by atoms with Crippen LogP contribution < -0.4 is 15.4 Å². The van der Waals surface area contributed by atoms with Crippen molar-refractivity contribution in [2.24, 2.45) is 5.92 Å². The maximum Gasteiger partial charge on any atom is 0.257 e. The third-order valence-electron chi connectivity index (χ3n) is 3.36. The summed E-state index contributed by atoms with van der Waals surface area (Å²) in [6.07, 6.45) is 1.92. The Balaban J connectivity index is 2.62. The zero-order valence-electron chi connectivity index (χ0n) is 14.1. The maximum absolute atomic E-state index is 12.2. The first kappa shape index (κ1) is 19.9. The van der Waals surface area contributed by atoms with Gasteiger partial charge in [0.15, 0.2) is 5.11 Å². The molecule has 128 valence electrons. The van der Waals surface area contributed by atoms with E-state index in [4.69, 9.17) is 17.0 Å². The third kappa shape index (κ3) is 7.31. The van der Waals surface area contributed by atoms with Gasteiger partial charge >= 0.3 is 0 Å². The summed E-state index contributed by atoms with van der Waals surface area (Å²) in [5.41, 5.74) is 0.529. The monoisotopic (exact) mass is 400 g/mol. The highest BCUT2D eigenvalue weighted by molar-refractivity contribution is 9.10. The van der Waals surface area contributed by atoms with Crippen molar-refractivity contribution in [1.82, 2.24) is 10.6 Å². The molecule has 1 atom stereocenters. The molecule has 2 N–H and O–H groups in total. The number of halogens is 1. The number of hydrogen-bond acceptors (Lipinski definition) is 3. The fourth-order valence-corrected chi connectivity index (χ4v) is 2.49. The summed E-state index contributed by atoms with van der Waals surface area (Å²) in [7, 11) is 0. The average molecular weight is 401 g/mol. The molecule has 1 aromatic rings. The molecule has 0 aliphatic heterocycles. The second-order valence-electron chi connectivity index (χ2n) is 5.91. The van der Waals surface area contributed by atoms with E-state index in [9.17, 15) is 4.79 Å². The van der Waals surface area contributed by atoms with E-state index in [0.717, 1.165) is 23.1 Å². The van der Waals surface area contributed by atoms with Crippen LogP contribution in [0.25, 0.3) is 0 Å². The van der Waals surface area contributed by atoms with Crippen molar-refractivity contribution in [3.8, 4) is 5.75 Å². The van der Waals surface area contributed by atoms with Crippen LogP contribution in [0.4, 0.5) is 0 Å². The third-order valence-corrected chi connectivity index (χ3v) is 4.20. The van der Waals surface area contributed by atoms with Crippen LogP contribution in [0, 0.1) is 5.92 Å². The molecular formula is C17H25BrN2O2S. The van der Waals surface area contributed by atoms with Gasteiger partial charge in [0.25, 0.3) is 5.91 Å². The zero-order valence-corrected chi connectivity index (χ0v) is 16.5. The smallest absolute Gasteiger partial charge is 0.257 e. The van der Waals surface area contributed by atoms with E-state index in [-0.39, 0.29) is 11.9 Å². The molecule has 0 saturated carbocycles.